The van der Waals surface area contributed by atoms with E-state index in [1.54, 1.807) is 6.07 Å². The Balaban J connectivity index is 1.66. The Morgan fingerprint density at radius 2 is 1.90 bits per heavy atom. The van der Waals surface area contributed by atoms with Crippen LogP contribution >= 0.6 is 0 Å². The zero-order chi connectivity index (χ0) is 21.1. The molecule has 0 aliphatic heterocycles. The van der Waals surface area contributed by atoms with Crippen molar-refractivity contribution in [3.8, 4) is 6.07 Å². The van der Waals surface area contributed by atoms with Gasteiger partial charge >= 0.3 is 0 Å². The molecule has 0 spiro atoms. The van der Waals surface area contributed by atoms with Gasteiger partial charge < -0.3 is 14.6 Å². The molecule has 1 N–H and O–H groups in total. The topological polar surface area (TPSA) is 60.5 Å². The molecule has 0 unspecified atom stereocenters. The molecule has 0 aliphatic rings. The van der Waals surface area contributed by atoms with Crippen molar-refractivity contribution in [3.05, 3.63) is 83.6 Å². The number of benzene rings is 2. The first-order valence-electron chi connectivity index (χ1n) is 10.0. The van der Waals surface area contributed by atoms with Crippen LogP contribution in [0.5, 0.6) is 0 Å². The van der Waals surface area contributed by atoms with Crippen LogP contribution in [0.4, 0.5) is 5.69 Å². The summed E-state index contributed by atoms with van der Waals surface area (Å²) in [7, 11) is 4.12. The maximum absolute atomic E-state index is 13.4. The highest BCUT2D eigenvalue weighted by molar-refractivity contribution is 6.16. The first-order valence-corrected chi connectivity index (χ1v) is 10.0. The van der Waals surface area contributed by atoms with Crippen molar-refractivity contribution >= 4 is 27.9 Å². The fourth-order valence-electron chi connectivity index (χ4n) is 3.72. The van der Waals surface area contributed by atoms with E-state index in [0.29, 0.717) is 16.7 Å². The molecular weight excluding hydrogens is 372 g/mol. The predicted octanol–water partition coefficient (Wildman–Crippen LogP) is 4.56. The summed E-state index contributed by atoms with van der Waals surface area (Å²) in [6.07, 6.45) is 2.99. The van der Waals surface area contributed by atoms with Gasteiger partial charge in [0.25, 0.3) is 0 Å². The number of nitrogens with zero attached hydrogens (tertiary/aromatic N) is 3. The van der Waals surface area contributed by atoms with Crippen molar-refractivity contribution in [2.45, 2.75) is 6.42 Å². The average molecular weight is 396 g/mol. The highest BCUT2D eigenvalue weighted by atomic mass is 16.1. The van der Waals surface area contributed by atoms with E-state index in [2.05, 4.69) is 30.4 Å². The molecule has 0 bridgehead atoms. The smallest absolute Gasteiger partial charge is 0.195 e. The molecule has 2 aromatic carbocycles. The Kier molecular flexibility index (Phi) is 5.51. The number of fused-ring (bicyclic) bond motifs is 3. The van der Waals surface area contributed by atoms with Crippen LogP contribution in [-0.4, -0.2) is 42.3 Å². The Morgan fingerprint density at radius 3 is 2.63 bits per heavy atom. The van der Waals surface area contributed by atoms with Gasteiger partial charge in [-0.2, -0.15) is 5.26 Å². The fraction of sp³-hybridized carbons (Fsp3) is 0.200. The van der Waals surface area contributed by atoms with Gasteiger partial charge in [0.2, 0.25) is 0 Å². The summed E-state index contributed by atoms with van der Waals surface area (Å²) in [5.41, 5.74) is 4.46. The number of pyridine rings is 1. The van der Waals surface area contributed by atoms with Gasteiger partial charge in [-0.05, 0) is 81.7 Å². The molecule has 2 aromatic heterocycles. The largest absolute Gasteiger partial charge is 0.385 e. The number of rotatable bonds is 7. The summed E-state index contributed by atoms with van der Waals surface area (Å²) in [5.74, 6) is -0.0857. The molecule has 0 saturated carbocycles. The Morgan fingerprint density at radius 1 is 1.10 bits per heavy atom. The van der Waals surface area contributed by atoms with Gasteiger partial charge in [-0.15, -0.1) is 0 Å². The highest BCUT2D eigenvalue weighted by Gasteiger charge is 2.16. The lowest BCUT2D eigenvalue weighted by Crippen LogP contribution is -2.16. The van der Waals surface area contributed by atoms with Gasteiger partial charge in [-0.3, -0.25) is 4.79 Å². The molecule has 5 nitrogen and oxygen atoms in total. The first-order chi connectivity index (χ1) is 14.6. The lowest BCUT2D eigenvalue weighted by Gasteiger charge is -2.12. The molecule has 0 saturated heterocycles. The summed E-state index contributed by atoms with van der Waals surface area (Å²) in [6, 6.07) is 21.2. The molecule has 4 aromatic rings. The van der Waals surface area contributed by atoms with Crippen LogP contribution in [0.1, 0.15) is 27.9 Å². The minimum atomic E-state index is -0.0857. The van der Waals surface area contributed by atoms with E-state index >= 15 is 0 Å². The van der Waals surface area contributed by atoms with Gasteiger partial charge in [0.15, 0.2) is 5.78 Å². The number of carbonyl (C=O) groups is 1. The van der Waals surface area contributed by atoms with E-state index in [-0.39, 0.29) is 5.78 Å². The number of nitriles is 1. The van der Waals surface area contributed by atoms with Crippen molar-refractivity contribution in [3.63, 3.8) is 0 Å². The normalized spacial score (nSPS) is 11.1. The molecule has 0 amide bonds. The maximum atomic E-state index is 13.4. The third kappa shape index (κ3) is 3.91. The standard InChI is InChI=1S/C25H24N4O/c1-28(2)13-4-12-27-21-9-6-19(7-10-21)25(30)23-16-18(17-26)15-20-8-11-22-5-3-14-29(22)24(20)23/h3,5-11,14-16,27H,4,12-13H2,1-2H3. The zero-order valence-electron chi connectivity index (χ0n) is 17.2. The SMILES string of the molecule is CN(C)CCCNc1ccc(C(=O)c2cc(C#N)cc3ccc4cccn4c23)cc1. The first kappa shape index (κ1) is 19.7. The molecule has 5 heteroatoms. The Hall–Kier alpha value is -3.62. The predicted molar refractivity (Wildman–Crippen MR) is 121 cm³/mol. The highest BCUT2D eigenvalue weighted by Crippen LogP contribution is 2.26. The molecule has 0 atom stereocenters. The van der Waals surface area contributed by atoms with Crippen molar-refractivity contribution in [2.24, 2.45) is 0 Å². The van der Waals surface area contributed by atoms with Gasteiger partial charge in [-0.25, -0.2) is 0 Å². The summed E-state index contributed by atoms with van der Waals surface area (Å²) < 4.78 is 2.00. The van der Waals surface area contributed by atoms with E-state index < -0.39 is 0 Å². The van der Waals surface area contributed by atoms with Crippen molar-refractivity contribution in [2.75, 3.05) is 32.5 Å². The van der Waals surface area contributed by atoms with Crippen LogP contribution < -0.4 is 5.32 Å². The minimum Gasteiger partial charge on any atom is -0.385 e. The quantitative estimate of drug-likeness (QED) is 0.367. The Bertz CT molecular complexity index is 1250. The second-order valence-corrected chi connectivity index (χ2v) is 7.70. The maximum Gasteiger partial charge on any atom is 0.195 e. The van der Waals surface area contributed by atoms with E-state index in [0.717, 1.165) is 41.6 Å². The second kappa shape index (κ2) is 8.40. The van der Waals surface area contributed by atoms with E-state index in [1.807, 2.05) is 65.2 Å². The average Bonchev–Trinajstić information content (AvgIpc) is 3.24. The minimum absolute atomic E-state index is 0.0857. The molecule has 150 valence electrons. The summed E-state index contributed by atoms with van der Waals surface area (Å²) >= 11 is 0. The van der Waals surface area contributed by atoms with Gasteiger partial charge in [-0.1, -0.05) is 6.07 Å². The zero-order valence-corrected chi connectivity index (χ0v) is 17.2. The van der Waals surface area contributed by atoms with Gasteiger partial charge in [0, 0.05) is 40.5 Å². The molecule has 4 rings (SSSR count). The molecule has 0 aliphatic carbocycles. The number of carbonyl (C=O) groups excluding carboxylic acids is 1. The van der Waals surface area contributed by atoms with Gasteiger partial charge in [0.1, 0.15) is 0 Å². The summed E-state index contributed by atoms with van der Waals surface area (Å²) in [4.78, 5) is 15.5. The van der Waals surface area contributed by atoms with Gasteiger partial charge in [0.05, 0.1) is 17.1 Å². The lowest BCUT2D eigenvalue weighted by atomic mass is 9.97. The number of hydrogen-bond donors (Lipinski definition) is 1. The van der Waals surface area contributed by atoms with Crippen molar-refractivity contribution in [1.82, 2.24) is 9.30 Å². The van der Waals surface area contributed by atoms with Crippen molar-refractivity contribution in [1.29, 1.82) is 5.26 Å². The molecule has 30 heavy (non-hydrogen) atoms. The monoisotopic (exact) mass is 396 g/mol. The molecule has 0 radical (unpaired) electrons. The van der Waals surface area contributed by atoms with Crippen LogP contribution in [0.15, 0.2) is 66.9 Å². The number of nitrogens with one attached hydrogen (secondary N) is 1. The molecule has 0 fully saturated rings. The fourth-order valence-corrected chi connectivity index (χ4v) is 3.72. The lowest BCUT2D eigenvalue weighted by molar-refractivity contribution is 0.104. The Labute approximate surface area is 176 Å². The number of anilines is 1. The van der Waals surface area contributed by atoms with E-state index in [4.69, 9.17) is 0 Å². The number of aromatic nitrogens is 1. The third-order valence-electron chi connectivity index (χ3n) is 5.23. The molecular formula is C25H24N4O. The number of hydrogen-bond acceptors (Lipinski definition) is 4. The van der Waals surface area contributed by atoms with E-state index in [1.165, 1.54) is 0 Å². The second-order valence-electron chi connectivity index (χ2n) is 7.70. The summed E-state index contributed by atoms with van der Waals surface area (Å²) in [5, 5.41) is 13.7. The van der Waals surface area contributed by atoms with Crippen LogP contribution in [0.25, 0.3) is 16.4 Å². The summed E-state index contributed by atoms with van der Waals surface area (Å²) in [6.45, 7) is 1.91. The molecule has 2 heterocycles. The van der Waals surface area contributed by atoms with Crippen LogP contribution in [-0.2, 0) is 0 Å². The van der Waals surface area contributed by atoms with Crippen LogP contribution in [0.2, 0.25) is 0 Å². The third-order valence-corrected chi connectivity index (χ3v) is 5.23. The van der Waals surface area contributed by atoms with Crippen LogP contribution in [0.3, 0.4) is 0 Å². The van der Waals surface area contributed by atoms with E-state index in [9.17, 15) is 10.1 Å². The van der Waals surface area contributed by atoms with Crippen molar-refractivity contribution < 1.29 is 4.79 Å². The number of ketones is 1. The van der Waals surface area contributed by atoms with Crippen LogP contribution in [0, 0.1) is 11.3 Å².